The predicted molar refractivity (Wildman–Crippen MR) is 58.5 cm³/mol. The van der Waals surface area contributed by atoms with E-state index in [0.717, 1.165) is 18.4 Å². The van der Waals surface area contributed by atoms with Crippen LogP contribution in [0.25, 0.3) is 0 Å². The Hall–Kier alpha value is -0.920. The average molecular weight is 206 g/mol. The molecule has 0 atom stereocenters. The Labute approximate surface area is 90.7 Å². The van der Waals surface area contributed by atoms with Crippen LogP contribution in [0, 0.1) is 10.8 Å². The van der Waals surface area contributed by atoms with Crippen LogP contribution in [0.1, 0.15) is 46.0 Å². The van der Waals surface area contributed by atoms with Gasteiger partial charge in [-0.15, -0.1) is 0 Å². The van der Waals surface area contributed by atoms with E-state index in [1.54, 1.807) is 0 Å². The molecule has 0 aromatic carbocycles. The van der Waals surface area contributed by atoms with Crippen molar-refractivity contribution in [2.45, 2.75) is 46.0 Å². The molecule has 0 radical (unpaired) electrons. The molecule has 0 bridgehead atoms. The molecule has 0 N–H and O–H groups in total. The standard InChI is InChI=1S/C13H18O2/c1-9-5-4-6-13(9)10(14)7-12(2,3)8-11(13)15/h1,4-8H2,2-3H3. The summed E-state index contributed by atoms with van der Waals surface area (Å²) in [6.45, 7) is 7.92. The molecule has 0 unspecified atom stereocenters. The van der Waals surface area contributed by atoms with Crippen molar-refractivity contribution in [3.63, 3.8) is 0 Å². The first-order valence-corrected chi connectivity index (χ1v) is 5.63. The van der Waals surface area contributed by atoms with Crippen LogP contribution < -0.4 is 0 Å². The Morgan fingerprint density at radius 1 is 1.13 bits per heavy atom. The highest BCUT2D eigenvalue weighted by molar-refractivity contribution is 6.12. The van der Waals surface area contributed by atoms with E-state index in [-0.39, 0.29) is 17.0 Å². The fourth-order valence-electron chi connectivity index (χ4n) is 3.02. The molecule has 2 rings (SSSR count). The van der Waals surface area contributed by atoms with E-state index in [9.17, 15) is 9.59 Å². The van der Waals surface area contributed by atoms with Crippen LogP contribution in [0.2, 0.25) is 0 Å². The molecule has 15 heavy (non-hydrogen) atoms. The molecule has 0 heterocycles. The van der Waals surface area contributed by atoms with Crippen LogP contribution in [0.5, 0.6) is 0 Å². The summed E-state index contributed by atoms with van der Waals surface area (Å²) in [6, 6.07) is 0. The van der Waals surface area contributed by atoms with Gasteiger partial charge in [0.05, 0.1) is 0 Å². The van der Waals surface area contributed by atoms with Crippen molar-refractivity contribution < 1.29 is 9.59 Å². The van der Waals surface area contributed by atoms with E-state index in [2.05, 4.69) is 6.58 Å². The minimum absolute atomic E-state index is 0.117. The van der Waals surface area contributed by atoms with Crippen LogP contribution in [0.15, 0.2) is 12.2 Å². The minimum Gasteiger partial charge on any atom is -0.298 e. The lowest BCUT2D eigenvalue weighted by molar-refractivity contribution is -0.145. The number of hydrogen-bond acceptors (Lipinski definition) is 2. The van der Waals surface area contributed by atoms with Gasteiger partial charge in [-0.3, -0.25) is 9.59 Å². The lowest BCUT2D eigenvalue weighted by Crippen LogP contribution is -2.46. The van der Waals surface area contributed by atoms with E-state index >= 15 is 0 Å². The monoisotopic (exact) mass is 206 g/mol. The van der Waals surface area contributed by atoms with Crippen molar-refractivity contribution in [3.05, 3.63) is 12.2 Å². The van der Waals surface area contributed by atoms with Gasteiger partial charge in [-0.1, -0.05) is 26.0 Å². The maximum absolute atomic E-state index is 12.2. The van der Waals surface area contributed by atoms with Gasteiger partial charge < -0.3 is 0 Å². The van der Waals surface area contributed by atoms with E-state index in [1.165, 1.54) is 0 Å². The Balaban J connectivity index is 2.39. The predicted octanol–water partition coefficient (Wildman–Crippen LogP) is 2.67. The first kappa shape index (κ1) is 10.6. The second-order valence-corrected chi connectivity index (χ2v) is 5.73. The summed E-state index contributed by atoms with van der Waals surface area (Å²) in [6.07, 6.45) is 3.55. The van der Waals surface area contributed by atoms with Gasteiger partial charge in [-0.05, 0) is 24.7 Å². The van der Waals surface area contributed by atoms with Gasteiger partial charge in [0.15, 0.2) is 11.6 Å². The fraction of sp³-hybridized carbons (Fsp3) is 0.692. The zero-order valence-corrected chi connectivity index (χ0v) is 9.56. The third-order valence-corrected chi connectivity index (χ3v) is 3.86. The Morgan fingerprint density at radius 3 is 2.07 bits per heavy atom. The number of carbonyl (C=O) groups is 2. The summed E-state index contributed by atoms with van der Waals surface area (Å²) >= 11 is 0. The van der Waals surface area contributed by atoms with Gasteiger partial charge in [-0.25, -0.2) is 0 Å². The van der Waals surface area contributed by atoms with Gasteiger partial charge >= 0.3 is 0 Å². The van der Waals surface area contributed by atoms with Gasteiger partial charge in [0, 0.05) is 12.8 Å². The van der Waals surface area contributed by atoms with Crippen molar-refractivity contribution >= 4 is 11.6 Å². The highest BCUT2D eigenvalue weighted by Gasteiger charge is 2.54. The maximum atomic E-state index is 12.2. The minimum atomic E-state index is -0.768. The smallest absolute Gasteiger partial charge is 0.151 e. The lowest BCUT2D eigenvalue weighted by Gasteiger charge is -2.39. The molecule has 0 aromatic heterocycles. The van der Waals surface area contributed by atoms with Gasteiger partial charge in [0.25, 0.3) is 0 Å². The number of Topliss-reactive ketones (excluding diaryl/α,β-unsaturated/α-hetero) is 2. The fourth-order valence-corrected chi connectivity index (χ4v) is 3.02. The van der Waals surface area contributed by atoms with E-state index in [0.29, 0.717) is 19.3 Å². The third kappa shape index (κ3) is 1.38. The molecule has 2 aliphatic rings. The Bertz CT molecular complexity index is 330. The van der Waals surface area contributed by atoms with Crippen molar-refractivity contribution in [1.82, 2.24) is 0 Å². The lowest BCUT2D eigenvalue weighted by atomic mass is 9.61. The molecule has 0 amide bonds. The second-order valence-electron chi connectivity index (χ2n) is 5.73. The SMILES string of the molecule is C=C1CCCC12C(=O)CC(C)(C)CC2=O. The molecule has 2 aliphatic carbocycles. The number of ketones is 2. The van der Waals surface area contributed by atoms with Crippen LogP contribution >= 0.6 is 0 Å². The highest BCUT2D eigenvalue weighted by Crippen LogP contribution is 2.51. The quantitative estimate of drug-likeness (QED) is 0.451. The molecular weight excluding hydrogens is 188 g/mol. The number of carbonyl (C=O) groups excluding carboxylic acids is 2. The summed E-state index contributed by atoms with van der Waals surface area (Å²) < 4.78 is 0. The number of hydrogen-bond donors (Lipinski definition) is 0. The molecule has 2 saturated carbocycles. The van der Waals surface area contributed by atoms with Gasteiger partial charge in [0.1, 0.15) is 5.41 Å². The summed E-state index contributed by atoms with van der Waals surface area (Å²) in [5.74, 6) is 0.234. The topological polar surface area (TPSA) is 34.1 Å². The molecule has 2 heteroatoms. The maximum Gasteiger partial charge on any atom is 0.151 e. The Morgan fingerprint density at radius 2 is 1.67 bits per heavy atom. The van der Waals surface area contributed by atoms with Crippen LogP contribution in [-0.2, 0) is 9.59 Å². The first-order valence-electron chi connectivity index (χ1n) is 5.63. The van der Waals surface area contributed by atoms with E-state index in [1.807, 2.05) is 13.8 Å². The summed E-state index contributed by atoms with van der Waals surface area (Å²) in [5.41, 5.74) is -0.0503. The molecule has 0 saturated heterocycles. The second kappa shape index (κ2) is 3.03. The normalized spacial score (nSPS) is 28.8. The molecule has 1 spiro atoms. The molecule has 0 aliphatic heterocycles. The first-order chi connectivity index (χ1) is 6.88. The van der Waals surface area contributed by atoms with Crippen molar-refractivity contribution in [1.29, 1.82) is 0 Å². The highest BCUT2D eigenvalue weighted by atomic mass is 16.2. The van der Waals surface area contributed by atoms with Crippen LogP contribution in [-0.4, -0.2) is 11.6 Å². The third-order valence-electron chi connectivity index (χ3n) is 3.86. The average Bonchev–Trinajstić information content (AvgIpc) is 2.43. The number of rotatable bonds is 0. The molecule has 2 fully saturated rings. The van der Waals surface area contributed by atoms with Gasteiger partial charge in [-0.2, -0.15) is 0 Å². The van der Waals surface area contributed by atoms with E-state index in [4.69, 9.17) is 0 Å². The molecule has 0 aromatic rings. The Kier molecular flexibility index (Phi) is 2.14. The summed E-state index contributed by atoms with van der Waals surface area (Å²) in [5, 5.41) is 0. The van der Waals surface area contributed by atoms with Crippen molar-refractivity contribution in [2.24, 2.45) is 10.8 Å². The van der Waals surface area contributed by atoms with Crippen LogP contribution in [0.4, 0.5) is 0 Å². The zero-order chi connectivity index (χ0) is 11.3. The largest absolute Gasteiger partial charge is 0.298 e. The van der Waals surface area contributed by atoms with Crippen molar-refractivity contribution in [2.75, 3.05) is 0 Å². The van der Waals surface area contributed by atoms with Crippen LogP contribution in [0.3, 0.4) is 0 Å². The van der Waals surface area contributed by atoms with Crippen molar-refractivity contribution in [3.8, 4) is 0 Å². The number of allylic oxidation sites excluding steroid dienone is 1. The van der Waals surface area contributed by atoms with E-state index < -0.39 is 5.41 Å². The van der Waals surface area contributed by atoms with Gasteiger partial charge in [0.2, 0.25) is 0 Å². The summed E-state index contributed by atoms with van der Waals surface area (Å²) in [4.78, 5) is 24.3. The molecule has 82 valence electrons. The molecule has 2 nitrogen and oxygen atoms in total. The molecular formula is C13H18O2. The zero-order valence-electron chi connectivity index (χ0n) is 9.56. The summed E-state index contributed by atoms with van der Waals surface area (Å²) in [7, 11) is 0.